The smallest absolute Gasteiger partial charge is 0.123 e. The van der Waals surface area contributed by atoms with Gasteiger partial charge in [0.05, 0.1) is 7.11 Å². The second-order valence-corrected chi connectivity index (χ2v) is 4.57. The molecule has 1 rings (SSSR count). The molecule has 2 N–H and O–H groups in total. The molecular weight excluding hydrogens is 242 g/mol. The van der Waals surface area contributed by atoms with Crippen LogP contribution in [0.2, 0.25) is 0 Å². The van der Waals surface area contributed by atoms with Crippen molar-refractivity contribution in [1.82, 2.24) is 0 Å². The molecule has 0 heterocycles. The second kappa shape index (κ2) is 4.80. The van der Waals surface area contributed by atoms with Gasteiger partial charge >= 0.3 is 0 Å². The Hall–Kier alpha value is -0.540. The molecule has 78 valence electrons. The third-order valence-corrected chi connectivity index (χ3v) is 2.76. The molecule has 0 radical (unpaired) electrons. The molecule has 2 nitrogen and oxygen atoms in total. The molecule has 1 aromatic carbocycles. The summed E-state index contributed by atoms with van der Waals surface area (Å²) < 4.78 is 6.30. The number of hydrogen-bond donors (Lipinski definition) is 1. The molecule has 0 spiro atoms. The molecular formula is C11H16BrNO. The third kappa shape index (κ3) is 2.49. The maximum absolute atomic E-state index is 6.08. The third-order valence-electron chi connectivity index (χ3n) is 2.27. The largest absolute Gasteiger partial charge is 0.496 e. The van der Waals surface area contributed by atoms with Crippen LogP contribution >= 0.6 is 15.9 Å². The van der Waals surface area contributed by atoms with Gasteiger partial charge in [-0.2, -0.15) is 0 Å². The average Bonchev–Trinajstić information content (AvgIpc) is 2.16. The summed E-state index contributed by atoms with van der Waals surface area (Å²) in [5, 5.41) is 0. The van der Waals surface area contributed by atoms with Crippen LogP contribution in [0.4, 0.5) is 0 Å². The Balaban J connectivity index is 3.10. The van der Waals surface area contributed by atoms with Crippen molar-refractivity contribution in [1.29, 1.82) is 0 Å². The van der Waals surface area contributed by atoms with Gasteiger partial charge in [0.15, 0.2) is 0 Å². The van der Waals surface area contributed by atoms with E-state index in [1.54, 1.807) is 7.11 Å². The Morgan fingerprint density at radius 1 is 1.36 bits per heavy atom. The van der Waals surface area contributed by atoms with Crippen LogP contribution in [0.15, 0.2) is 22.7 Å². The Labute approximate surface area is 93.6 Å². The molecule has 0 saturated heterocycles. The molecule has 1 atom stereocenters. The van der Waals surface area contributed by atoms with Gasteiger partial charge in [0.1, 0.15) is 5.75 Å². The fraction of sp³-hybridized carbons (Fsp3) is 0.455. The zero-order valence-electron chi connectivity index (χ0n) is 8.75. The summed E-state index contributed by atoms with van der Waals surface area (Å²) in [5.41, 5.74) is 7.13. The van der Waals surface area contributed by atoms with Crippen molar-refractivity contribution < 1.29 is 4.74 Å². The monoisotopic (exact) mass is 257 g/mol. The van der Waals surface area contributed by atoms with Gasteiger partial charge in [-0.15, -0.1) is 0 Å². The second-order valence-electron chi connectivity index (χ2n) is 3.66. The van der Waals surface area contributed by atoms with E-state index in [-0.39, 0.29) is 6.04 Å². The molecule has 0 amide bonds. The van der Waals surface area contributed by atoms with Crippen molar-refractivity contribution in [2.75, 3.05) is 7.11 Å². The molecule has 14 heavy (non-hydrogen) atoms. The Bertz CT molecular complexity index is 312. The van der Waals surface area contributed by atoms with Crippen LogP contribution in [0.5, 0.6) is 5.75 Å². The van der Waals surface area contributed by atoms with E-state index in [1.807, 2.05) is 18.2 Å². The van der Waals surface area contributed by atoms with Crippen molar-refractivity contribution in [2.45, 2.75) is 19.9 Å². The van der Waals surface area contributed by atoms with Gasteiger partial charge < -0.3 is 10.5 Å². The van der Waals surface area contributed by atoms with Gasteiger partial charge in [-0.3, -0.25) is 0 Å². The molecule has 0 aromatic heterocycles. The summed E-state index contributed by atoms with van der Waals surface area (Å²) in [6.45, 7) is 4.20. The number of hydrogen-bond acceptors (Lipinski definition) is 2. The lowest BCUT2D eigenvalue weighted by Gasteiger charge is -2.19. The van der Waals surface area contributed by atoms with E-state index in [4.69, 9.17) is 10.5 Å². The van der Waals surface area contributed by atoms with Crippen molar-refractivity contribution >= 4 is 15.9 Å². The number of rotatable bonds is 3. The number of ether oxygens (including phenoxy) is 1. The summed E-state index contributed by atoms with van der Waals surface area (Å²) in [6.07, 6.45) is 0. The van der Waals surface area contributed by atoms with Crippen molar-refractivity contribution in [3.05, 3.63) is 28.2 Å². The molecule has 0 fully saturated rings. The van der Waals surface area contributed by atoms with Crippen LogP contribution in [-0.4, -0.2) is 7.11 Å². The zero-order chi connectivity index (χ0) is 10.7. The molecule has 1 aromatic rings. The van der Waals surface area contributed by atoms with Gasteiger partial charge in [-0.05, 0) is 24.1 Å². The van der Waals surface area contributed by atoms with Gasteiger partial charge in [-0.25, -0.2) is 0 Å². The quantitative estimate of drug-likeness (QED) is 0.904. The van der Waals surface area contributed by atoms with Crippen LogP contribution < -0.4 is 10.5 Å². The van der Waals surface area contributed by atoms with Crippen molar-refractivity contribution in [3.8, 4) is 5.75 Å². The Morgan fingerprint density at radius 3 is 2.50 bits per heavy atom. The topological polar surface area (TPSA) is 35.2 Å². The first kappa shape index (κ1) is 11.5. The standard InChI is InChI=1S/C11H16BrNO/c1-7(2)11(13)9-6-8(12)4-5-10(9)14-3/h4-7,11H,13H2,1-3H3. The minimum Gasteiger partial charge on any atom is -0.496 e. The molecule has 0 saturated carbocycles. The first-order valence-electron chi connectivity index (χ1n) is 4.65. The fourth-order valence-electron chi connectivity index (χ4n) is 1.32. The summed E-state index contributed by atoms with van der Waals surface area (Å²) >= 11 is 3.43. The van der Waals surface area contributed by atoms with Crippen LogP contribution in [0.25, 0.3) is 0 Å². The van der Waals surface area contributed by atoms with Crippen molar-refractivity contribution in [2.24, 2.45) is 11.7 Å². The van der Waals surface area contributed by atoms with E-state index in [0.29, 0.717) is 5.92 Å². The minimum atomic E-state index is 0.0162. The summed E-state index contributed by atoms with van der Waals surface area (Å²) in [6, 6.07) is 5.92. The Morgan fingerprint density at radius 2 is 2.00 bits per heavy atom. The zero-order valence-corrected chi connectivity index (χ0v) is 10.3. The fourth-order valence-corrected chi connectivity index (χ4v) is 1.70. The van der Waals surface area contributed by atoms with Crippen LogP contribution in [0, 0.1) is 5.92 Å². The van der Waals surface area contributed by atoms with Crippen LogP contribution in [0.1, 0.15) is 25.5 Å². The molecule has 0 bridgehead atoms. The number of nitrogens with two attached hydrogens (primary N) is 1. The van der Waals surface area contributed by atoms with Gasteiger partial charge in [-0.1, -0.05) is 29.8 Å². The van der Waals surface area contributed by atoms with Crippen LogP contribution in [-0.2, 0) is 0 Å². The first-order valence-corrected chi connectivity index (χ1v) is 5.44. The van der Waals surface area contributed by atoms with E-state index in [9.17, 15) is 0 Å². The van der Waals surface area contributed by atoms with E-state index in [0.717, 1.165) is 15.8 Å². The highest BCUT2D eigenvalue weighted by atomic mass is 79.9. The maximum atomic E-state index is 6.08. The number of methoxy groups -OCH3 is 1. The average molecular weight is 258 g/mol. The number of benzene rings is 1. The lowest BCUT2D eigenvalue weighted by molar-refractivity contribution is 0.396. The van der Waals surface area contributed by atoms with Gasteiger partial charge in [0.2, 0.25) is 0 Å². The maximum Gasteiger partial charge on any atom is 0.123 e. The normalized spacial score (nSPS) is 13.0. The lowest BCUT2D eigenvalue weighted by atomic mass is 9.96. The minimum absolute atomic E-state index is 0.0162. The summed E-state index contributed by atoms with van der Waals surface area (Å²) in [5.74, 6) is 1.26. The lowest BCUT2D eigenvalue weighted by Crippen LogP contribution is -2.17. The van der Waals surface area contributed by atoms with Gasteiger partial charge in [0, 0.05) is 16.1 Å². The predicted octanol–water partition coefficient (Wildman–Crippen LogP) is 3.11. The number of halogens is 1. The van der Waals surface area contributed by atoms with Crippen molar-refractivity contribution in [3.63, 3.8) is 0 Å². The van der Waals surface area contributed by atoms with E-state index >= 15 is 0 Å². The molecule has 0 aliphatic heterocycles. The predicted molar refractivity (Wildman–Crippen MR) is 62.5 cm³/mol. The highest BCUT2D eigenvalue weighted by Gasteiger charge is 2.15. The molecule has 0 aliphatic carbocycles. The van der Waals surface area contributed by atoms with E-state index in [2.05, 4.69) is 29.8 Å². The SMILES string of the molecule is COc1ccc(Br)cc1C(N)C(C)C. The van der Waals surface area contributed by atoms with E-state index < -0.39 is 0 Å². The Kier molecular flexibility index (Phi) is 3.96. The van der Waals surface area contributed by atoms with Crippen LogP contribution in [0.3, 0.4) is 0 Å². The first-order chi connectivity index (χ1) is 6.56. The summed E-state index contributed by atoms with van der Waals surface area (Å²) in [7, 11) is 1.67. The van der Waals surface area contributed by atoms with Gasteiger partial charge in [0.25, 0.3) is 0 Å². The highest BCUT2D eigenvalue weighted by molar-refractivity contribution is 9.10. The summed E-state index contributed by atoms with van der Waals surface area (Å²) in [4.78, 5) is 0. The molecule has 0 aliphatic rings. The molecule has 1 unspecified atom stereocenters. The highest BCUT2D eigenvalue weighted by Crippen LogP contribution is 2.30. The van der Waals surface area contributed by atoms with E-state index in [1.165, 1.54) is 0 Å². The molecule has 3 heteroatoms.